The van der Waals surface area contributed by atoms with Crippen LogP contribution in [0.1, 0.15) is 39.5 Å². The third-order valence-corrected chi connectivity index (χ3v) is 3.24. The summed E-state index contributed by atoms with van der Waals surface area (Å²) in [7, 11) is 0. The van der Waals surface area contributed by atoms with Gasteiger partial charge in [0, 0.05) is 6.08 Å². The Bertz CT molecular complexity index is 210. The Labute approximate surface area is 86.3 Å². The molecule has 0 bridgehead atoms. The molecule has 3 unspecified atom stereocenters. The van der Waals surface area contributed by atoms with E-state index in [2.05, 4.69) is 20.4 Å². The van der Waals surface area contributed by atoms with E-state index >= 15 is 0 Å². The van der Waals surface area contributed by atoms with Gasteiger partial charge >= 0.3 is 5.97 Å². The maximum atomic E-state index is 11.1. The molecule has 0 aliphatic heterocycles. The van der Waals surface area contributed by atoms with Crippen molar-refractivity contribution < 1.29 is 9.53 Å². The summed E-state index contributed by atoms with van der Waals surface area (Å²) in [4.78, 5) is 11.1. The highest BCUT2D eigenvalue weighted by Crippen LogP contribution is 2.35. The van der Waals surface area contributed by atoms with Crippen molar-refractivity contribution >= 4 is 5.97 Å². The van der Waals surface area contributed by atoms with Gasteiger partial charge in [-0.05, 0) is 24.7 Å². The number of carbonyl (C=O) groups is 1. The second kappa shape index (κ2) is 5.18. The van der Waals surface area contributed by atoms with E-state index < -0.39 is 0 Å². The van der Waals surface area contributed by atoms with E-state index in [0.717, 1.165) is 6.42 Å². The molecule has 2 heteroatoms. The van der Waals surface area contributed by atoms with Crippen LogP contribution in [-0.2, 0) is 9.53 Å². The first kappa shape index (κ1) is 11.3. The van der Waals surface area contributed by atoms with Gasteiger partial charge in [-0.1, -0.05) is 33.3 Å². The number of carbonyl (C=O) groups excluding carboxylic acids is 1. The van der Waals surface area contributed by atoms with Gasteiger partial charge in [-0.15, -0.1) is 0 Å². The Balaban J connectivity index is 2.52. The van der Waals surface area contributed by atoms with Gasteiger partial charge in [0.15, 0.2) is 0 Å². The molecule has 0 aromatic rings. The van der Waals surface area contributed by atoms with Crippen LogP contribution in [-0.4, -0.2) is 12.1 Å². The normalized spacial score (nSPS) is 28.4. The SMILES string of the molecule is C=CC(=O)OC(CC)C1CCCC1C. The molecule has 0 saturated heterocycles. The quantitative estimate of drug-likeness (QED) is 0.510. The Kier molecular flexibility index (Phi) is 4.18. The van der Waals surface area contributed by atoms with Crippen molar-refractivity contribution in [2.45, 2.75) is 45.6 Å². The monoisotopic (exact) mass is 196 g/mol. The Hall–Kier alpha value is -0.790. The lowest BCUT2D eigenvalue weighted by molar-refractivity contribution is -0.146. The first-order valence-corrected chi connectivity index (χ1v) is 5.52. The lowest BCUT2D eigenvalue weighted by Gasteiger charge is -2.25. The molecule has 0 aromatic heterocycles. The van der Waals surface area contributed by atoms with Crippen LogP contribution in [0, 0.1) is 11.8 Å². The van der Waals surface area contributed by atoms with Crippen molar-refractivity contribution in [2.24, 2.45) is 11.8 Å². The Morgan fingerprint density at radius 1 is 1.64 bits per heavy atom. The third-order valence-electron chi connectivity index (χ3n) is 3.24. The lowest BCUT2D eigenvalue weighted by atomic mass is 9.91. The van der Waals surface area contributed by atoms with Crippen LogP contribution in [0.2, 0.25) is 0 Å². The average Bonchev–Trinajstić information content (AvgIpc) is 2.60. The van der Waals surface area contributed by atoms with Gasteiger partial charge in [0.2, 0.25) is 0 Å². The minimum atomic E-state index is -0.282. The maximum absolute atomic E-state index is 11.1. The van der Waals surface area contributed by atoms with Crippen molar-refractivity contribution in [1.82, 2.24) is 0 Å². The van der Waals surface area contributed by atoms with Crippen LogP contribution in [0.5, 0.6) is 0 Å². The zero-order valence-electron chi connectivity index (χ0n) is 9.16. The van der Waals surface area contributed by atoms with Crippen LogP contribution in [0.4, 0.5) is 0 Å². The van der Waals surface area contributed by atoms with Gasteiger partial charge in [0.25, 0.3) is 0 Å². The van der Waals surface area contributed by atoms with E-state index in [4.69, 9.17) is 4.74 Å². The van der Waals surface area contributed by atoms with Gasteiger partial charge in [0.05, 0.1) is 0 Å². The second-order valence-electron chi connectivity index (χ2n) is 4.16. The summed E-state index contributed by atoms with van der Waals surface area (Å²) < 4.78 is 5.35. The van der Waals surface area contributed by atoms with Crippen LogP contribution in [0.15, 0.2) is 12.7 Å². The van der Waals surface area contributed by atoms with Crippen molar-refractivity contribution in [3.8, 4) is 0 Å². The van der Waals surface area contributed by atoms with E-state index in [1.54, 1.807) is 0 Å². The summed E-state index contributed by atoms with van der Waals surface area (Å²) in [5.74, 6) is 0.970. The van der Waals surface area contributed by atoms with E-state index in [0.29, 0.717) is 11.8 Å². The molecule has 0 radical (unpaired) electrons. The zero-order valence-corrected chi connectivity index (χ0v) is 9.16. The Morgan fingerprint density at radius 2 is 2.36 bits per heavy atom. The predicted molar refractivity (Wildman–Crippen MR) is 56.9 cm³/mol. The van der Waals surface area contributed by atoms with E-state index in [1.807, 2.05) is 0 Å². The van der Waals surface area contributed by atoms with Gasteiger partial charge in [0.1, 0.15) is 6.10 Å². The summed E-state index contributed by atoms with van der Waals surface area (Å²) in [5.41, 5.74) is 0. The van der Waals surface area contributed by atoms with E-state index in [-0.39, 0.29) is 12.1 Å². The zero-order chi connectivity index (χ0) is 10.6. The smallest absolute Gasteiger partial charge is 0.330 e. The number of hydrogen-bond acceptors (Lipinski definition) is 2. The van der Waals surface area contributed by atoms with Crippen LogP contribution < -0.4 is 0 Å². The molecule has 1 aliphatic rings. The fourth-order valence-electron chi connectivity index (χ4n) is 2.40. The molecule has 0 amide bonds. The molecule has 1 fully saturated rings. The molecule has 0 N–H and O–H groups in total. The molecule has 0 aromatic carbocycles. The minimum absolute atomic E-state index is 0.0954. The van der Waals surface area contributed by atoms with Crippen LogP contribution in [0.3, 0.4) is 0 Å². The molecule has 3 atom stereocenters. The summed E-state index contributed by atoms with van der Waals surface area (Å²) in [6.45, 7) is 7.75. The molecule has 0 heterocycles. The number of esters is 1. The molecule has 2 nitrogen and oxygen atoms in total. The lowest BCUT2D eigenvalue weighted by Crippen LogP contribution is -2.27. The van der Waals surface area contributed by atoms with E-state index in [1.165, 1.54) is 25.3 Å². The highest BCUT2D eigenvalue weighted by atomic mass is 16.5. The topological polar surface area (TPSA) is 26.3 Å². The van der Waals surface area contributed by atoms with Gasteiger partial charge in [-0.25, -0.2) is 4.79 Å². The molecule has 1 rings (SSSR count). The third kappa shape index (κ3) is 2.60. The first-order chi connectivity index (χ1) is 6.69. The number of hydrogen-bond donors (Lipinski definition) is 0. The van der Waals surface area contributed by atoms with Crippen molar-refractivity contribution in [1.29, 1.82) is 0 Å². The summed E-state index contributed by atoms with van der Waals surface area (Å²) in [5, 5.41) is 0. The number of ether oxygens (including phenoxy) is 1. The standard InChI is InChI=1S/C12H20O2/c1-4-11(14-12(13)5-2)10-8-6-7-9(10)3/h5,9-11H,2,4,6-8H2,1,3H3. The molecule has 1 aliphatic carbocycles. The minimum Gasteiger partial charge on any atom is -0.459 e. The molecule has 14 heavy (non-hydrogen) atoms. The Morgan fingerprint density at radius 3 is 2.79 bits per heavy atom. The summed E-state index contributed by atoms with van der Waals surface area (Å²) in [6, 6.07) is 0. The predicted octanol–water partition coefficient (Wildman–Crippen LogP) is 2.93. The number of rotatable bonds is 4. The van der Waals surface area contributed by atoms with Gasteiger partial charge in [-0.3, -0.25) is 0 Å². The molecule has 0 spiro atoms. The highest BCUT2D eigenvalue weighted by Gasteiger charge is 2.31. The summed E-state index contributed by atoms with van der Waals surface area (Å²) in [6.07, 6.45) is 6.00. The highest BCUT2D eigenvalue weighted by molar-refractivity contribution is 5.81. The fraction of sp³-hybridized carbons (Fsp3) is 0.750. The molecular weight excluding hydrogens is 176 g/mol. The summed E-state index contributed by atoms with van der Waals surface area (Å²) >= 11 is 0. The van der Waals surface area contributed by atoms with Crippen molar-refractivity contribution in [3.05, 3.63) is 12.7 Å². The first-order valence-electron chi connectivity index (χ1n) is 5.52. The second-order valence-corrected chi connectivity index (χ2v) is 4.16. The van der Waals surface area contributed by atoms with Crippen LogP contribution in [0.25, 0.3) is 0 Å². The van der Waals surface area contributed by atoms with Gasteiger partial charge < -0.3 is 4.74 Å². The largest absolute Gasteiger partial charge is 0.459 e. The van der Waals surface area contributed by atoms with Crippen LogP contribution >= 0.6 is 0 Å². The van der Waals surface area contributed by atoms with Gasteiger partial charge in [-0.2, -0.15) is 0 Å². The molecular formula is C12H20O2. The maximum Gasteiger partial charge on any atom is 0.330 e. The molecule has 80 valence electrons. The fourth-order valence-corrected chi connectivity index (χ4v) is 2.40. The molecule has 1 saturated carbocycles. The average molecular weight is 196 g/mol. The van der Waals surface area contributed by atoms with Crippen molar-refractivity contribution in [2.75, 3.05) is 0 Å². The van der Waals surface area contributed by atoms with E-state index in [9.17, 15) is 4.79 Å². The van der Waals surface area contributed by atoms with Crippen molar-refractivity contribution in [3.63, 3.8) is 0 Å².